The highest BCUT2D eigenvalue weighted by Gasteiger charge is 2.20. The Morgan fingerprint density at radius 1 is 1.28 bits per heavy atom. The lowest BCUT2D eigenvalue weighted by Crippen LogP contribution is -2.34. The predicted octanol–water partition coefficient (Wildman–Crippen LogP) is 2.66. The maximum Gasteiger partial charge on any atom is 0.251 e. The van der Waals surface area contributed by atoms with Crippen LogP contribution in [-0.2, 0) is 6.42 Å². The van der Waals surface area contributed by atoms with Crippen molar-refractivity contribution >= 4 is 5.91 Å². The van der Waals surface area contributed by atoms with Crippen LogP contribution in [0.3, 0.4) is 0 Å². The molecule has 1 N–H and O–H groups in total. The molecule has 0 radical (unpaired) electrons. The fourth-order valence-electron chi connectivity index (χ4n) is 3.13. The van der Waals surface area contributed by atoms with Gasteiger partial charge in [-0.05, 0) is 43.9 Å². The highest BCUT2D eigenvalue weighted by Crippen LogP contribution is 2.28. The van der Waals surface area contributed by atoms with E-state index in [9.17, 15) is 4.79 Å². The summed E-state index contributed by atoms with van der Waals surface area (Å²) in [4.78, 5) is 14.6. The first-order valence-electron chi connectivity index (χ1n) is 8.43. The van der Waals surface area contributed by atoms with Gasteiger partial charge in [0.05, 0.1) is 19.8 Å². The van der Waals surface area contributed by atoms with Crippen molar-refractivity contribution < 1.29 is 14.3 Å². The van der Waals surface area contributed by atoms with Crippen molar-refractivity contribution in [3.8, 4) is 11.5 Å². The maximum atomic E-state index is 12.6. The van der Waals surface area contributed by atoms with E-state index in [1.165, 1.54) is 0 Å². The number of nitrogens with one attached hydrogen (secondary N) is 1. The number of carbonyl (C=O) groups excluding carboxylic acids is 1. The molecule has 1 aliphatic heterocycles. The number of likely N-dealkylation sites (N-methyl/N-ethyl adjacent to an activating group) is 1. The molecule has 0 saturated heterocycles. The first-order chi connectivity index (χ1) is 12.1. The Labute approximate surface area is 148 Å². The molecular weight excluding hydrogens is 316 g/mol. The number of methoxy groups -OCH3 is 1. The Morgan fingerprint density at radius 2 is 2.08 bits per heavy atom. The maximum absolute atomic E-state index is 12.6. The number of benzene rings is 2. The summed E-state index contributed by atoms with van der Waals surface area (Å²) in [6.07, 6.45) is 0.859. The van der Waals surface area contributed by atoms with Crippen molar-refractivity contribution in [3.05, 3.63) is 59.2 Å². The molecule has 1 heterocycles. The molecule has 1 unspecified atom stereocenters. The molecule has 132 valence electrons. The van der Waals surface area contributed by atoms with Crippen LogP contribution in [0.1, 0.15) is 27.5 Å². The number of hydrogen-bond donors (Lipinski definition) is 1. The van der Waals surface area contributed by atoms with Crippen LogP contribution in [0.25, 0.3) is 0 Å². The molecule has 0 saturated carbocycles. The molecule has 25 heavy (non-hydrogen) atoms. The molecule has 5 nitrogen and oxygen atoms in total. The second-order valence-electron chi connectivity index (χ2n) is 6.35. The molecule has 0 bridgehead atoms. The van der Waals surface area contributed by atoms with E-state index in [4.69, 9.17) is 9.47 Å². The van der Waals surface area contributed by atoms with Crippen LogP contribution >= 0.6 is 0 Å². The Hall–Kier alpha value is -2.53. The fourth-order valence-corrected chi connectivity index (χ4v) is 3.13. The van der Waals surface area contributed by atoms with Gasteiger partial charge in [-0.25, -0.2) is 0 Å². The summed E-state index contributed by atoms with van der Waals surface area (Å²) < 4.78 is 11.0. The Kier molecular flexibility index (Phi) is 5.24. The van der Waals surface area contributed by atoms with E-state index in [0.29, 0.717) is 18.7 Å². The van der Waals surface area contributed by atoms with Crippen molar-refractivity contribution in [2.75, 3.05) is 34.4 Å². The van der Waals surface area contributed by atoms with Crippen molar-refractivity contribution in [2.45, 2.75) is 12.5 Å². The molecule has 3 rings (SSSR count). The number of hydrogen-bond acceptors (Lipinski definition) is 4. The van der Waals surface area contributed by atoms with Gasteiger partial charge < -0.3 is 19.7 Å². The van der Waals surface area contributed by atoms with Crippen molar-refractivity contribution in [3.63, 3.8) is 0 Å². The third-order valence-electron chi connectivity index (χ3n) is 4.53. The van der Waals surface area contributed by atoms with E-state index < -0.39 is 0 Å². The molecule has 1 amide bonds. The van der Waals surface area contributed by atoms with Crippen LogP contribution in [0.4, 0.5) is 0 Å². The molecule has 2 aromatic rings. The smallest absolute Gasteiger partial charge is 0.251 e. The average Bonchev–Trinajstić information content (AvgIpc) is 3.09. The van der Waals surface area contributed by atoms with E-state index in [1.807, 2.05) is 56.6 Å². The lowest BCUT2D eigenvalue weighted by Gasteiger charge is -2.26. The number of amides is 1. The minimum atomic E-state index is -0.0727. The Bertz CT molecular complexity index is 758. The van der Waals surface area contributed by atoms with Crippen molar-refractivity contribution in [2.24, 2.45) is 0 Å². The zero-order valence-electron chi connectivity index (χ0n) is 14.9. The topological polar surface area (TPSA) is 50.8 Å². The van der Waals surface area contributed by atoms with Gasteiger partial charge in [0.2, 0.25) is 0 Å². The summed E-state index contributed by atoms with van der Waals surface area (Å²) in [6, 6.07) is 13.5. The van der Waals surface area contributed by atoms with E-state index in [1.54, 1.807) is 7.11 Å². The van der Waals surface area contributed by atoms with Gasteiger partial charge in [-0.3, -0.25) is 4.79 Å². The van der Waals surface area contributed by atoms with Crippen LogP contribution in [0, 0.1) is 0 Å². The van der Waals surface area contributed by atoms with Crippen LogP contribution in [0.15, 0.2) is 42.5 Å². The van der Waals surface area contributed by atoms with Gasteiger partial charge in [0.15, 0.2) is 0 Å². The Balaban J connectivity index is 1.72. The van der Waals surface area contributed by atoms with Gasteiger partial charge in [-0.15, -0.1) is 0 Å². The third kappa shape index (κ3) is 3.77. The van der Waals surface area contributed by atoms with Gasteiger partial charge in [0, 0.05) is 24.1 Å². The lowest BCUT2D eigenvalue weighted by molar-refractivity contribution is 0.0941. The largest absolute Gasteiger partial charge is 0.496 e. The average molecular weight is 340 g/mol. The van der Waals surface area contributed by atoms with E-state index in [2.05, 4.69) is 10.2 Å². The SMILES string of the molecule is COc1ccccc1C(CNC(=O)c1ccc2c(c1)CCO2)N(C)C. The van der Waals surface area contributed by atoms with Crippen LogP contribution in [-0.4, -0.2) is 45.2 Å². The number of fused-ring (bicyclic) bond motifs is 1. The fraction of sp³-hybridized carbons (Fsp3) is 0.350. The standard InChI is InChI=1S/C20H24N2O3/c1-22(2)17(16-6-4-5-7-19(16)24-3)13-21-20(23)15-8-9-18-14(12-15)10-11-25-18/h4-9,12,17H,10-11,13H2,1-3H3,(H,21,23). The molecule has 1 aliphatic rings. The zero-order valence-corrected chi connectivity index (χ0v) is 14.9. The Morgan fingerprint density at radius 3 is 2.84 bits per heavy atom. The van der Waals surface area contributed by atoms with Crippen LogP contribution in [0.5, 0.6) is 11.5 Å². The van der Waals surface area contributed by atoms with Crippen molar-refractivity contribution in [1.29, 1.82) is 0 Å². The minimum absolute atomic E-state index is 0.0258. The van der Waals surface area contributed by atoms with E-state index in [0.717, 1.165) is 29.0 Å². The molecule has 0 fully saturated rings. The second-order valence-corrected chi connectivity index (χ2v) is 6.35. The highest BCUT2D eigenvalue weighted by atomic mass is 16.5. The molecule has 5 heteroatoms. The molecule has 1 atom stereocenters. The molecule has 2 aromatic carbocycles. The zero-order chi connectivity index (χ0) is 17.8. The first-order valence-corrected chi connectivity index (χ1v) is 8.43. The lowest BCUT2D eigenvalue weighted by atomic mass is 10.0. The first kappa shape index (κ1) is 17.3. The summed E-state index contributed by atoms with van der Waals surface area (Å²) in [5, 5.41) is 3.04. The van der Waals surface area contributed by atoms with Gasteiger partial charge in [0.25, 0.3) is 5.91 Å². The molecule has 0 aromatic heterocycles. The van der Waals surface area contributed by atoms with E-state index in [-0.39, 0.29) is 11.9 Å². The van der Waals surface area contributed by atoms with Gasteiger partial charge >= 0.3 is 0 Å². The molecular formula is C20H24N2O3. The summed E-state index contributed by atoms with van der Waals surface area (Å²) >= 11 is 0. The van der Waals surface area contributed by atoms with Gasteiger partial charge in [-0.2, -0.15) is 0 Å². The van der Waals surface area contributed by atoms with E-state index >= 15 is 0 Å². The predicted molar refractivity (Wildman–Crippen MR) is 97.4 cm³/mol. The highest BCUT2D eigenvalue weighted by molar-refractivity contribution is 5.94. The normalized spacial score (nSPS) is 13.9. The summed E-state index contributed by atoms with van der Waals surface area (Å²) in [6.45, 7) is 1.19. The summed E-state index contributed by atoms with van der Waals surface area (Å²) in [5.41, 5.74) is 2.82. The number of rotatable bonds is 6. The van der Waals surface area contributed by atoms with Gasteiger partial charge in [-0.1, -0.05) is 18.2 Å². The number of nitrogens with zero attached hydrogens (tertiary/aromatic N) is 1. The van der Waals surface area contributed by atoms with Crippen molar-refractivity contribution in [1.82, 2.24) is 10.2 Å². The quantitative estimate of drug-likeness (QED) is 0.878. The van der Waals surface area contributed by atoms with Crippen LogP contribution in [0.2, 0.25) is 0 Å². The second kappa shape index (κ2) is 7.57. The molecule has 0 spiro atoms. The summed E-state index contributed by atoms with van der Waals surface area (Å²) in [5.74, 6) is 1.64. The van der Waals surface area contributed by atoms with Crippen LogP contribution < -0.4 is 14.8 Å². The number of para-hydroxylation sites is 1. The monoisotopic (exact) mass is 340 g/mol. The minimum Gasteiger partial charge on any atom is -0.496 e. The molecule has 0 aliphatic carbocycles. The number of ether oxygens (including phenoxy) is 2. The summed E-state index contributed by atoms with van der Waals surface area (Å²) in [7, 11) is 5.66. The third-order valence-corrected chi connectivity index (χ3v) is 4.53. The van der Waals surface area contributed by atoms with Gasteiger partial charge in [0.1, 0.15) is 11.5 Å². The number of carbonyl (C=O) groups is 1.